The zero-order chi connectivity index (χ0) is 10.8. The minimum absolute atomic E-state index is 0.522. The second-order valence-corrected chi connectivity index (χ2v) is 2.15. The molecule has 0 bridgehead atoms. The molecular weight excluding hydrogens is 184 g/mol. The van der Waals surface area contributed by atoms with Crippen LogP contribution in [-0.4, -0.2) is 11.9 Å². The number of carbonyl (C=O) groups is 2. The van der Waals surface area contributed by atoms with Gasteiger partial charge in [-0.3, -0.25) is 0 Å². The third-order valence-corrected chi connectivity index (χ3v) is 1.03. The van der Waals surface area contributed by atoms with Crippen molar-refractivity contribution in [1.82, 2.24) is 0 Å². The lowest BCUT2D eigenvalue weighted by atomic mass is 10.5. The summed E-state index contributed by atoms with van der Waals surface area (Å²) in [5.41, 5.74) is 0. The van der Waals surface area contributed by atoms with Gasteiger partial charge in [0, 0.05) is 12.2 Å². The predicted molar refractivity (Wildman–Crippen MR) is 51.0 cm³/mol. The third kappa shape index (κ3) is 6.84. The molecule has 0 amide bonds. The lowest BCUT2D eigenvalue weighted by molar-refractivity contribution is -0.135. The van der Waals surface area contributed by atoms with Crippen molar-refractivity contribution in [3.05, 3.63) is 36.8 Å². The summed E-state index contributed by atoms with van der Waals surface area (Å²) in [6.45, 7) is 3.38. The number of hydrogen-bond acceptors (Lipinski definition) is 4. The number of ether oxygens (including phenoxy) is 2. The van der Waals surface area contributed by atoms with E-state index in [0.29, 0.717) is 0 Å². The largest absolute Gasteiger partial charge is 0.428 e. The van der Waals surface area contributed by atoms with Gasteiger partial charge in [0.15, 0.2) is 0 Å². The Morgan fingerprint density at radius 2 is 1.21 bits per heavy atom. The molecule has 0 radical (unpaired) electrons. The Morgan fingerprint density at radius 3 is 1.50 bits per heavy atom. The van der Waals surface area contributed by atoms with Crippen LogP contribution in [0.25, 0.3) is 0 Å². The molecule has 0 aliphatic heterocycles. The first kappa shape index (κ1) is 12.2. The van der Waals surface area contributed by atoms with Crippen LogP contribution in [0.5, 0.6) is 0 Å². The fraction of sp³-hybridized carbons (Fsp3) is 0.200. The van der Waals surface area contributed by atoms with E-state index in [9.17, 15) is 9.59 Å². The van der Waals surface area contributed by atoms with Crippen molar-refractivity contribution in [1.29, 1.82) is 0 Å². The summed E-state index contributed by atoms with van der Waals surface area (Å²) in [5.74, 6) is -1.04. The van der Waals surface area contributed by atoms with Crippen LogP contribution in [0.15, 0.2) is 36.8 Å². The van der Waals surface area contributed by atoms with Gasteiger partial charge in [-0.2, -0.15) is 0 Å². The first-order valence-electron chi connectivity index (χ1n) is 4.02. The maximum absolute atomic E-state index is 10.7. The van der Waals surface area contributed by atoms with Crippen molar-refractivity contribution < 1.29 is 19.1 Å². The Kier molecular flexibility index (Phi) is 6.77. The van der Waals surface area contributed by atoms with Crippen molar-refractivity contribution >= 4 is 11.9 Å². The molecule has 0 N–H and O–H groups in total. The van der Waals surface area contributed by atoms with Crippen LogP contribution >= 0.6 is 0 Å². The maximum atomic E-state index is 10.7. The molecule has 14 heavy (non-hydrogen) atoms. The van der Waals surface area contributed by atoms with Gasteiger partial charge in [-0.05, 0) is 13.8 Å². The van der Waals surface area contributed by atoms with E-state index in [4.69, 9.17) is 0 Å². The van der Waals surface area contributed by atoms with Gasteiger partial charge in [-0.1, -0.05) is 12.2 Å². The first-order valence-corrected chi connectivity index (χ1v) is 4.02. The lowest BCUT2D eigenvalue weighted by Crippen LogP contribution is -1.96. The Morgan fingerprint density at radius 1 is 0.857 bits per heavy atom. The molecule has 76 valence electrons. The molecule has 0 aliphatic carbocycles. The fourth-order valence-corrected chi connectivity index (χ4v) is 0.540. The van der Waals surface area contributed by atoms with Crippen LogP contribution in [0, 0.1) is 0 Å². The highest BCUT2D eigenvalue weighted by atomic mass is 16.6. The quantitative estimate of drug-likeness (QED) is 0.390. The highest BCUT2D eigenvalue weighted by Crippen LogP contribution is 1.87. The third-order valence-electron chi connectivity index (χ3n) is 1.03. The Balaban J connectivity index is 3.74. The highest BCUT2D eigenvalue weighted by Gasteiger charge is 1.92. The van der Waals surface area contributed by atoms with E-state index in [2.05, 4.69) is 9.47 Å². The van der Waals surface area contributed by atoms with Crippen LogP contribution in [0.3, 0.4) is 0 Å². The van der Waals surface area contributed by atoms with Crippen LogP contribution in [-0.2, 0) is 19.1 Å². The van der Waals surface area contributed by atoms with E-state index < -0.39 is 11.9 Å². The van der Waals surface area contributed by atoms with E-state index in [-0.39, 0.29) is 0 Å². The number of hydrogen-bond donors (Lipinski definition) is 0. The van der Waals surface area contributed by atoms with Gasteiger partial charge in [-0.15, -0.1) is 0 Å². The highest BCUT2D eigenvalue weighted by molar-refractivity contribution is 5.83. The van der Waals surface area contributed by atoms with Crippen molar-refractivity contribution in [2.75, 3.05) is 0 Å². The minimum Gasteiger partial charge on any atom is -0.428 e. The molecule has 0 spiro atoms. The SMILES string of the molecule is CC=CC(=O)OC=COC(=O)C=CC. The summed E-state index contributed by atoms with van der Waals surface area (Å²) in [6, 6.07) is 0. The van der Waals surface area contributed by atoms with Crippen LogP contribution in [0.1, 0.15) is 13.8 Å². The molecule has 0 heterocycles. The summed E-state index contributed by atoms with van der Waals surface area (Å²) in [6.07, 6.45) is 7.59. The van der Waals surface area contributed by atoms with Gasteiger partial charge in [0.05, 0.1) is 0 Å². The predicted octanol–water partition coefficient (Wildman–Crippen LogP) is 1.70. The fourth-order valence-electron chi connectivity index (χ4n) is 0.540. The molecular formula is C10H12O4. The first-order chi connectivity index (χ1) is 6.70. The number of carbonyl (C=O) groups excluding carboxylic acids is 2. The van der Waals surface area contributed by atoms with Crippen LogP contribution < -0.4 is 0 Å². The summed E-state index contributed by atoms with van der Waals surface area (Å²) >= 11 is 0. The average molecular weight is 196 g/mol. The van der Waals surface area contributed by atoms with Gasteiger partial charge in [0.1, 0.15) is 12.5 Å². The molecule has 0 aliphatic rings. The van der Waals surface area contributed by atoms with E-state index in [1.807, 2.05) is 0 Å². The zero-order valence-corrected chi connectivity index (χ0v) is 8.10. The van der Waals surface area contributed by atoms with Crippen molar-refractivity contribution in [2.24, 2.45) is 0 Å². The lowest BCUT2D eigenvalue weighted by Gasteiger charge is -1.92. The van der Waals surface area contributed by atoms with Crippen molar-refractivity contribution in [2.45, 2.75) is 13.8 Å². The molecule has 0 rings (SSSR count). The van der Waals surface area contributed by atoms with Gasteiger partial charge in [0.25, 0.3) is 0 Å². The van der Waals surface area contributed by atoms with Crippen molar-refractivity contribution in [3.63, 3.8) is 0 Å². The maximum Gasteiger partial charge on any atom is 0.335 e. The smallest absolute Gasteiger partial charge is 0.335 e. The van der Waals surface area contributed by atoms with E-state index in [1.54, 1.807) is 26.0 Å². The summed E-state index contributed by atoms with van der Waals surface area (Å²) < 4.78 is 9.01. The molecule has 0 saturated heterocycles. The summed E-state index contributed by atoms with van der Waals surface area (Å²) in [7, 11) is 0. The summed E-state index contributed by atoms with van der Waals surface area (Å²) in [4.78, 5) is 21.4. The number of allylic oxidation sites excluding steroid dienone is 2. The van der Waals surface area contributed by atoms with Gasteiger partial charge >= 0.3 is 11.9 Å². The number of rotatable bonds is 4. The molecule has 0 atom stereocenters. The molecule has 4 heteroatoms. The average Bonchev–Trinajstić information content (AvgIpc) is 2.13. The normalized spacial score (nSPS) is 11.3. The Labute approximate surface area is 82.5 Å². The number of esters is 2. The molecule has 4 nitrogen and oxygen atoms in total. The van der Waals surface area contributed by atoms with Gasteiger partial charge in [0.2, 0.25) is 0 Å². The molecule has 0 fully saturated rings. The van der Waals surface area contributed by atoms with Gasteiger partial charge < -0.3 is 9.47 Å². The second-order valence-electron chi connectivity index (χ2n) is 2.15. The van der Waals surface area contributed by atoms with Crippen molar-refractivity contribution in [3.8, 4) is 0 Å². The molecule has 0 aromatic carbocycles. The van der Waals surface area contributed by atoms with Crippen LogP contribution in [0.4, 0.5) is 0 Å². The van der Waals surface area contributed by atoms with Crippen LogP contribution in [0.2, 0.25) is 0 Å². The molecule has 0 unspecified atom stereocenters. The van der Waals surface area contributed by atoms with E-state index in [1.165, 1.54) is 12.2 Å². The topological polar surface area (TPSA) is 52.6 Å². The van der Waals surface area contributed by atoms with E-state index in [0.717, 1.165) is 12.5 Å². The second kappa shape index (κ2) is 7.79. The monoisotopic (exact) mass is 196 g/mol. The molecule has 0 saturated carbocycles. The van der Waals surface area contributed by atoms with E-state index >= 15 is 0 Å². The Bertz CT molecular complexity index is 246. The molecule has 0 aromatic rings. The summed E-state index contributed by atoms with van der Waals surface area (Å²) in [5, 5.41) is 0. The van der Waals surface area contributed by atoms with Gasteiger partial charge in [-0.25, -0.2) is 9.59 Å². The standard InChI is InChI=1S/C10H12O4/c1-3-5-9(11)13-7-8-14-10(12)6-4-2/h3-8H,1-2H3. The molecule has 0 aromatic heterocycles. The zero-order valence-electron chi connectivity index (χ0n) is 8.10. The Hall–Kier alpha value is -1.84. The minimum atomic E-state index is -0.522.